The minimum atomic E-state index is -4.33. The van der Waals surface area contributed by atoms with Crippen LogP contribution in [0.1, 0.15) is 71.1 Å². The van der Waals surface area contributed by atoms with Crippen LogP contribution in [-0.4, -0.2) is 42.7 Å². The number of rotatable bonds is 13. The van der Waals surface area contributed by atoms with Gasteiger partial charge in [-0.3, -0.25) is 9.35 Å². The highest BCUT2D eigenvalue weighted by Gasteiger charge is 2.28. The molecule has 0 rings (SSSR count). The normalized spacial score (nSPS) is 13.1. The van der Waals surface area contributed by atoms with Gasteiger partial charge < -0.3 is 10.6 Å². The minimum absolute atomic E-state index is 0.290. The van der Waals surface area contributed by atoms with Crippen molar-refractivity contribution in [1.82, 2.24) is 4.90 Å². The van der Waals surface area contributed by atoms with Gasteiger partial charge in [0.05, 0.1) is 0 Å². The van der Waals surface area contributed by atoms with E-state index in [4.69, 9.17) is 10.3 Å². The molecule has 0 aromatic carbocycles. The summed E-state index contributed by atoms with van der Waals surface area (Å²) in [5, 5.41) is -1.35. The van der Waals surface area contributed by atoms with Crippen LogP contribution < -0.4 is 5.73 Å². The molecule has 1 atom stereocenters. The summed E-state index contributed by atoms with van der Waals surface area (Å²) < 4.78 is 31.3. The highest BCUT2D eigenvalue weighted by molar-refractivity contribution is 7.86. The lowest BCUT2D eigenvalue weighted by atomic mass is 10.1. The zero-order chi connectivity index (χ0) is 17.0. The number of carbonyl (C=O) groups is 1. The summed E-state index contributed by atoms with van der Waals surface area (Å²) in [7, 11) is -2.97. The Bertz CT molecular complexity index is 398. The second-order valence-electron chi connectivity index (χ2n) is 5.79. The van der Waals surface area contributed by atoms with E-state index in [1.807, 2.05) is 0 Å². The Morgan fingerprint density at radius 3 is 1.91 bits per heavy atom. The molecule has 132 valence electrons. The molecule has 0 heterocycles. The molecule has 0 aromatic heterocycles. The molecule has 6 nitrogen and oxygen atoms in total. The summed E-state index contributed by atoms with van der Waals surface area (Å²) in [4.78, 5) is 12.9. The molecule has 1 unspecified atom stereocenters. The van der Waals surface area contributed by atoms with Crippen LogP contribution in [0.3, 0.4) is 0 Å². The Hall–Kier alpha value is -0.660. The predicted octanol–water partition coefficient (Wildman–Crippen LogP) is 2.54. The molecule has 0 radical (unpaired) electrons. The number of hydrogen-bond donors (Lipinski definition) is 2. The highest BCUT2D eigenvalue weighted by Crippen LogP contribution is 2.12. The Morgan fingerprint density at radius 2 is 1.50 bits per heavy atom. The molecule has 3 N–H and O–H groups in total. The van der Waals surface area contributed by atoms with Crippen molar-refractivity contribution in [2.45, 2.75) is 76.5 Å². The van der Waals surface area contributed by atoms with Crippen LogP contribution in [0.4, 0.5) is 0 Å². The van der Waals surface area contributed by atoms with Crippen molar-refractivity contribution < 1.29 is 17.8 Å². The summed E-state index contributed by atoms with van der Waals surface area (Å²) in [6.07, 6.45) is 10.7. The molecule has 0 aliphatic carbocycles. The maximum atomic E-state index is 11.9. The van der Waals surface area contributed by atoms with Gasteiger partial charge in [0.25, 0.3) is 10.1 Å². The third-order valence-electron chi connectivity index (χ3n) is 3.87. The van der Waals surface area contributed by atoms with E-state index in [0.29, 0.717) is 6.42 Å². The van der Waals surface area contributed by atoms with Gasteiger partial charge in [0.2, 0.25) is 5.91 Å². The van der Waals surface area contributed by atoms with Crippen LogP contribution in [0.2, 0.25) is 0 Å². The van der Waals surface area contributed by atoms with E-state index < -0.39 is 15.5 Å². The van der Waals surface area contributed by atoms with Crippen molar-refractivity contribution in [3.05, 3.63) is 0 Å². The van der Waals surface area contributed by atoms with Crippen molar-refractivity contribution >= 4 is 16.0 Å². The molecular weight excluding hydrogens is 304 g/mol. The van der Waals surface area contributed by atoms with E-state index in [2.05, 4.69) is 6.92 Å². The van der Waals surface area contributed by atoms with E-state index in [-0.39, 0.29) is 12.5 Å². The number of amides is 1. The van der Waals surface area contributed by atoms with E-state index >= 15 is 0 Å². The van der Waals surface area contributed by atoms with Crippen molar-refractivity contribution in [1.29, 1.82) is 0 Å². The van der Waals surface area contributed by atoms with Crippen LogP contribution in [0.15, 0.2) is 0 Å². The summed E-state index contributed by atoms with van der Waals surface area (Å²) >= 11 is 0. The van der Waals surface area contributed by atoms with Crippen LogP contribution in [-0.2, 0) is 14.9 Å². The fraction of sp³-hybridized carbons (Fsp3) is 0.933. The minimum Gasteiger partial charge on any atom is -0.327 e. The fourth-order valence-electron chi connectivity index (χ4n) is 2.40. The van der Waals surface area contributed by atoms with Crippen LogP contribution in [0, 0.1) is 0 Å². The number of nitrogens with zero attached hydrogens (tertiary/aromatic N) is 1. The van der Waals surface area contributed by atoms with E-state index in [1.165, 1.54) is 45.6 Å². The lowest BCUT2D eigenvalue weighted by Gasteiger charge is -2.24. The van der Waals surface area contributed by atoms with Gasteiger partial charge in [-0.1, -0.05) is 58.3 Å². The first kappa shape index (κ1) is 21.3. The Balaban J connectivity index is 3.81. The molecule has 22 heavy (non-hydrogen) atoms. The number of likely N-dealkylation sites (N-methyl/N-ethyl adjacent to an activating group) is 1. The molecule has 0 saturated heterocycles. The number of carbonyl (C=O) groups excluding carboxylic acids is 1. The zero-order valence-corrected chi connectivity index (χ0v) is 14.8. The maximum Gasteiger partial charge on any atom is 0.287 e. The summed E-state index contributed by atoms with van der Waals surface area (Å²) in [5.41, 5.74) is 5.31. The number of hydrogen-bond acceptors (Lipinski definition) is 4. The average molecular weight is 336 g/mol. The summed E-state index contributed by atoms with van der Waals surface area (Å²) in [6.45, 7) is 1.89. The second kappa shape index (κ2) is 11.8. The average Bonchev–Trinajstić information content (AvgIpc) is 2.44. The quantitative estimate of drug-likeness (QED) is 0.397. The molecule has 0 aromatic rings. The third kappa shape index (κ3) is 9.38. The summed E-state index contributed by atoms with van der Waals surface area (Å²) in [6, 6.07) is 0. The zero-order valence-electron chi connectivity index (χ0n) is 14.0. The van der Waals surface area contributed by atoms with Crippen molar-refractivity contribution in [2.75, 3.05) is 13.6 Å². The number of unbranched alkanes of at least 4 members (excludes halogenated alkanes) is 8. The van der Waals surface area contributed by atoms with Gasteiger partial charge in [-0.05, 0) is 6.42 Å². The molecule has 0 saturated carbocycles. The largest absolute Gasteiger partial charge is 0.327 e. The molecule has 0 fully saturated rings. The topological polar surface area (TPSA) is 101 Å². The molecule has 0 spiro atoms. The first-order chi connectivity index (χ1) is 10.3. The van der Waals surface area contributed by atoms with E-state index in [1.54, 1.807) is 0 Å². The SMILES string of the molecule is CCCCCCCCCCCC(=O)N(C)C(CN)S(=O)(=O)O. The Labute approximate surface area is 135 Å². The molecule has 7 heteroatoms. The first-order valence-corrected chi connectivity index (χ1v) is 9.77. The number of nitrogens with two attached hydrogens (primary N) is 1. The second-order valence-corrected chi connectivity index (χ2v) is 7.36. The maximum absolute atomic E-state index is 11.9. The molecule has 0 aliphatic rings. The van der Waals surface area contributed by atoms with Gasteiger partial charge in [0.15, 0.2) is 5.37 Å². The van der Waals surface area contributed by atoms with Gasteiger partial charge in [-0.2, -0.15) is 8.42 Å². The van der Waals surface area contributed by atoms with Gasteiger partial charge in [-0.15, -0.1) is 0 Å². The molecular formula is C15H32N2O4S. The third-order valence-corrected chi connectivity index (χ3v) is 5.06. The van der Waals surface area contributed by atoms with E-state index in [9.17, 15) is 13.2 Å². The molecule has 0 aliphatic heterocycles. The highest BCUT2D eigenvalue weighted by atomic mass is 32.2. The Morgan fingerprint density at radius 1 is 1.05 bits per heavy atom. The predicted molar refractivity (Wildman–Crippen MR) is 89.0 cm³/mol. The standard InChI is InChI=1S/C15H32N2O4S/c1-3-4-5-6-7-8-9-10-11-12-14(18)17(2)15(13-16)22(19,20)21/h15H,3-13,16H2,1-2H3,(H,19,20,21). The van der Waals surface area contributed by atoms with Gasteiger partial charge in [-0.25, -0.2) is 0 Å². The Kier molecular flexibility index (Phi) is 11.5. The summed E-state index contributed by atoms with van der Waals surface area (Å²) in [5.74, 6) is -0.295. The van der Waals surface area contributed by atoms with Crippen LogP contribution in [0.25, 0.3) is 0 Å². The molecule has 1 amide bonds. The lowest BCUT2D eigenvalue weighted by Crippen LogP contribution is -2.46. The van der Waals surface area contributed by atoms with Crippen molar-refractivity contribution in [3.8, 4) is 0 Å². The van der Waals surface area contributed by atoms with Crippen molar-refractivity contribution in [3.63, 3.8) is 0 Å². The van der Waals surface area contributed by atoms with Crippen molar-refractivity contribution in [2.24, 2.45) is 5.73 Å². The first-order valence-electron chi connectivity index (χ1n) is 8.26. The van der Waals surface area contributed by atoms with Gasteiger partial charge in [0.1, 0.15) is 0 Å². The smallest absolute Gasteiger partial charge is 0.287 e. The fourth-order valence-corrected chi connectivity index (χ4v) is 3.16. The lowest BCUT2D eigenvalue weighted by molar-refractivity contribution is -0.130. The van der Waals surface area contributed by atoms with Crippen LogP contribution in [0.5, 0.6) is 0 Å². The van der Waals surface area contributed by atoms with Gasteiger partial charge >= 0.3 is 0 Å². The van der Waals surface area contributed by atoms with E-state index in [0.717, 1.165) is 24.2 Å². The van der Waals surface area contributed by atoms with Crippen LogP contribution >= 0.6 is 0 Å². The molecule has 0 bridgehead atoms. The monoisotopic (exact) mass is 336 g/mol. The van der Waals surface area contributed by atoms with Gasteiger partial charge in [0, 0.05) is 20.0 Å².